The average molecular weight is 579 g/mol. The zero-order valence-corrected chi connectivity index (χ0v) is 26.2. The molecule has 0 bridgehead atoms. The summed E-state index contributed by atoms with van der Waals surface area (Å²) < 4.78 is 0.116. The van der Waals surface area contributed by atoms with E-state index in [9.17, 15) is 0 Å². The summed E-state index contributed by atoms with van der Waals surface area (Å²) in [7, 11) is 0. The molecule has 0 aliphatic carbocycles. The Hall–Kier alpha value is -1.52. The predicted octanol–water partition coefficient (Wildman–Crippen LogP) is 9.17. The van der Waals surface area contributed by atoms with E-state index >= 15 is 0 Å². The maximum atomic E-state index is 2.37. The topological polar surface area (TPSA) is 0 Å². The van der Waals surface area contributed by atoms with Crippen LogP contribution in [0.25, 0.3) is 0 Å². The van der Waals surface area contributed by atoms with Crippen LogP contribution in [-0.4, -0.2) is 23.0 Å². The van der Waals surface area contributed by atoms with Crippen molar-refractivity contribution in [2.24, 2.45) is 0 Å². The van der Waals surface area contributed by atoms with E-state index in [0.29, 0.717) is 5.92 Å². The summed E-state index contributed by atoms with van der Waals surface area (Å²) >= 11 is 0.772. The minimum atomic E-state index is 0.116. The van der Waals surface area contributed by atoms with E-state index in [-0.39, 0.29) is 3.36 Å². The van der Waals surface area contributed by atoms with Crippen LogP contribution < -0.4 is 0 Å². The summed E-state index contributed by atoms with van der Waals surface area (Å²) in [4.78, 5) is 0. The van der Waals surface area contributed by atoms with Crippen LogP contribution in [0.3, 0.4) is 0 Å². The van der Waals surface area contributed by atoms with Gasteiger partial charge in [0.1, 0.15) is 0 Å². The molecule has 1 heteroatoms. The van der Waals surface area contributed by atoms with E-state index in [0.717, 1.165) is 23.0 Å². The van der Waals surface area contributed by atoms with Gasteiger partial charge in [0.25, 0.3) is 0 Å². The molecule has 0 spiro atoms. The van der Waals surface area contributed by atoms with Crippen molar-refractivity contribution in [2.75, 3.05) is 0 Å². The molecule has 0 aliphatic rings. The van der Waals surface area contributed by atoms with E-state index in [1.54, 1.807) is 0 Å². The molecule has 0 heterocycles. The Kier molecular flexibility index (Phi) is 13.0. The molecule has 0 saturated heterocycles. The Labute approximate surface area is 229 Å². The van der Waals surface area contributed by atoms with Crippen molar-refractivity contribution >= 4 is 23.0 Å². The predicted molar refractivity (Wildman–Crippen MR) is 158 cm³/mol. The van der Waals surface area contributed by atoms with Crippen LogP contribution in [0.5, 0.6) is 0 Å². The third-order valence-corrected chi connectivity index (χ3v) is 11.5. The molecule has 1 atom stereocenters. The van der Waals surface area contributed by atoms with E-state index in [1.807, 2.05) is 0 Å². The molecule has 1 radical (unpaired) electrons. The number of unbranched alkanes of at least 4 members (excludes halogenated alkanes) is 11. The van der Waals surface area contributed by atoms with Gasteiger partial charge in [-0.15, -0.1) is 0 Å². The summed E-state index contributed by atoms with van der Waals surface area (Å²) in [6.45, 7) is 2.30. The molecule has 189 valence electrons. The van der Waals surface area contributed by atoms with Crippen LogP contribution in [0.4, 0.5) is 0 Å². The summed E-state index contributed by atoms with van der Waals surface area (Å²) in [5.74, 6) is 0.531. The van der Waals surface area contributed by atoms with Crippen molar-refractivity contribution in [3.63, 3.8) is 0 Å². The summed E-state index contributed by atoms with van der Waals surface area (Å²) in [5.41, 5.74) is 4.49. The molecule has 0 aliphatic heterocycles. The second-order valence-electron chi connectivity index (χ2n) is 10.3. The molecule has 3 aromatic carbocycles. The maximum absolute atomic E-state index is 2.37. The van der Waals surface area contributed by atoms with Gasteiger partial charge in [0.15, 0.2) is 0 Å². The fourth-order valence-corrected chi connectivity index (χ4v) is 8.21. The molecule has 35 heavy (non-hydrogen) atoms. The molecule has 0 fully saturated rings. The van der Waals surface area contributed by atoms with Crippen molar-refractivity contribution in [2.45, 2.75) is 99.7 Å². The fraction of sp³-hybridized carbons (Fsp3) is 0.471. The van der Waals surface area contributed by atoms with Crippen molar-refractivity contribution in [3.8, 4) is 0 Å². The Balaban J connectivity index is 1.60. The van der Waals surface area contributed by atoms with E-state index in [4.69, 9.17) is 0 Å². The summed E-state index contributed by atoms with van der Waals surface area (Å²) in [6, 6.07) is 34.0. The molecular formula is C34H48Sb. The van der Waals surface area contributed by atoms with Gasteiger partial charge < -0.3 is 0 Å². The standard InChI is InChI=1S/C34H45.Sb.3H/c1-2-3-4-5-6-7-8-9-10-11-12-22-29-33(30-23-16-13-17-24-30)34(31-25-18-14-19-26-31)32-27-20-15-21-28-32;;;;/h13-21,23-28,33H,2-12,22,29H2,1H3;;;;. The van der Waals surface area contributed by atoms with Crippen molar-refractivity contribution in [1.82, 2.24) is 0 Å². The van der Waals surface area contributed by atoms with Crippen LogP contribution in [0.2, 0.25) is 0 Å². The van der Waals surface area contributed by atoms with Crippen LogP contribution in [0.15, 0.2) is 91.0 Å². The zero-order valence-electron chi connectivity index (χ0n) is 22.1. The molecular weight excluding hydrogens is 530 g/mol. The summed E-state index contributed by atoms with van der Waals surface area (Å²) in [6.07, 6.45) is 18.2. The molecule has 3 rings (SSSR count). The molecule has 1 unspecified atom stereocenters. The Morgan fingerprint density at radius 3 is 1.31 bits per heavy atom. The van der Waals surface area contributed by atoms with Gasteiger partial charge in [0, 0.05) is 0 Å². The number of benzene rings is 3. The molecule has 0 saturated carbocycles. The zero-order chi connectivity index (χ0) is 24.6. The van der Waals surface area contributed by atoms with E-state index < -0.39 is 0 Å². The Morgan fingerprint density at radius 2 is 0.886 bits per heavy atom. The van der Waals surface area contributed by atoms with Gasteiger partial charge in [0.2, 0.25) is 0 Å². The second-order valence-corrected chi connectivity index (χ2v) is 13.5. The first-order valence-corrected chi connectivity index (χ1v) is 16.3. The van der Waals surface area contributed by atoms with Gasteiger partial charge >= 0.3 is 204 Å². The average Bonchev–Trinajstić information content (AvgIpc) is 2.92. The first-order chi connectivity index (χ1) is 17.3. The van der Waals surface area contributed by atoms with Gasteiger partial charge in [-0.2, -0.15) is 0 Å². The molecule has 0 nitrogen and oxygen atoms in total. The van der Waals surface area contributed by atoms with Crippen LogP contribution in [-0.2, 0) is 3.36 Å². The first-order valence-electron chi connectivity index (χ1n) is 14.3. The van der Waals surface area contributed by atoms with Gasteiger partial charge in [-0.25, -0.2) is 0 Å². The van der Waals surface area contributed by atoms with E-state index in [2.05, 4.69) is 97.9 Å². The quantitative estimate of drug-likeness (QED) is 0.111. The molecule has 0 amide bonds. The van der Waals surface area contributed by atoms with Crippen molar-refractivity contribution in [1.29, 1.82) is 0 Å². The van der Waals surface area contributed by atoms with Crippen LogP contribution in [0.1, 0.15) is 113 Å². The monoisotopic (exact) mass is 577 g/mol. The van der Waals surface area contributed by atoms with Crippen LogP contribution in [0, 0.1) is 0 Å². The SMILES string of the molecule is CCCCCCCCCCCCCCC(c1ccccc1)[C]([SbH3])(c1ccccc1)c1ccccc1. The minimum absolute atomic E-state index is 0.116. The molecule has 3 aromatic rings. The fourth-order valence-electron chi connectivity index (χ4n) is 5.61. The number of hydrogen-bond donors (Lipinski definition) is 0. The third-order valence-electron chi connectivity index (χ3n) is 7.72. The van der Waals surface area contributed by atoms with Crippen LogP contribution >= 0.6 is 0 Å². The first kappa shape index (κ1) is 28.1. The van der Waals surface area contributed by atoms with Crippen molar-refractivity contribution < 1.29 is 0 Å². The second kappa shape index (κ2) is 16.3. The van der Waals surface area contributed by atoms with Gasteiger partial charge in [-0.3, -0.25) is 0 Å². The van der Waals surface area contributed by atoms with Gasteiger partial charge in [-0.1, -0.05) is 26.2 Å². The molecule has 0 aromatic heterocycles. The molecule has 0 N–H and O–H groups in total. The Bertz CT molecular complexity index is 864. The number of rotatable bonds is 17. The number of hydrogen-bond acceptors (Lipinski definition) is 0. The third kappa shape index (κ3) is 8.82. The van der Waals surface area contributed by atoms with E-state index in [1.165, 1.54) is 100 Å². The van der Waals surface area contributed by atoms with Crippen molar-refractivity contribution in [3.05, 3.63) is 108 Å². The summed E-state index contributed by atoms with van der Waals surface area (Å²) in [5, 5.41) is 0. The van der Waals surface area contributed by atoms with Gasteiger partial charge in [-0.05, 0) is 0 Å². The Morgan fingerprint density at radius 1 is 0.514 bits per heavy atom. The normalized spacial score (nSPS) is 12.6. The van der Waals surface area contributed by atoms with Gasteiger partial charge in [0.05, 0.1) is 0 Å².